The molecule has 0 radical (unpaired) electrons. The predicted octanol–water partition coefficient (Wildman–Crippen LogP) is 2.87. The van der Waals surface area contributed by atoms with Crippen molar-refractivity contribution in [3.63, 3.8) is 0 Å². The Bertz CT molecular complexity index is 352. The molecule has 4 heteroatoms. The predicted molar refractivity (Wildman–Crippen MR) is 77.6 cm³/mol. The van der Waals surface area contributed by atoms with Gasteiger partial charge in [0.1, 0.15) is 0 Å². The van der Waals surface area contributed by atoms with Crippen molar-refractivity contribution in [3.8, 4) is 0 Å². The second-order valence-corrected chi connectivity index (χ2v) is 6.52. The Kier molecular flexibility index (Phi) is 4.76. The molecule has 2 rings (SSSR count). The number of likely N-dealkylation sites (N-methyl/N-ethyl adjacent to an activating group) is 1. The van der Waals surface area contributed by atoms with Crippen LogP contribution in [0.25, 0.3) is 0 Å². The third-order valence-electron chi connectivity index (χ3n) is 4.51. The Labute approximate surface area is 114 Å². The Hall–Kier alpha value is -0.450. The molecule has 0 spiro atoms. The fourth-order valence-corrected chi connectivity index (χ4v) is 3.58. The molecule has 3 nitrogen and oxygen atoms in total. The van der Waals surface area contributed by atoms with E-state index < -0.39 is 0 Å². The van der Waals surface area contributed by atoms with Gasteiger partial charge in [-0.25, -0.2) is 4.98 Å². The van der Waals surface area contributed by atoms with Gasteiger partial charge in [0.2, 0.25) is 0 Å². The molecule has 1 saturated carbocycles. The number of hydrogen-bond acceptors (Lipinski definition) is 4. The van der Waals surface area contributed by atoms with Gasteiger partial charge in [0.15, 0.2) is 0 Å². The molecule has 0 aromatic carbocycles. The molecule has 0 bridgehead atoms. The summed E-state index contributed by atoms with van der Waals surface area (Å²) in [6, 6.07) is 0. The minimum Gasteiger partial charge on any atom is -0.329 e. The monoisotopic (exact) mass is 267 g/mol. The summed E-state index contributed by atoms with van der Waals surface area (Å²) >= 11 is 1.67. The number of hydrogen-bond donors (Lipinski definition) is 1. The molecule has 1 fully saturated rings. The van der Waals surface area contributed by atoms with E-state index in [-0.39, 0.29) is 5.54 Å². The van der Waals surface area contributed by atoms with Crippen LogP contribution in [0.1, 0.15) is 44.7 Å². The van der Waals surface area contributed by atoms with Gasteiger partial charge in [0.25, 0.3) is 0 Å². The average Bonchev–Trinajstić information content (AvgIpc) is 2.78. The molecular formula is C14H25N3S. The largest absolute Gasteiger partial charge is 0.329 e. The van der Waals surface area contributed by atoms with Crippen LogP contribution >= 0.6 is 11.3 Å². The highest BCUT2D eigenvalue weighted by Gasteiger charge is 2.35. The van der Waals surface area contributed by atoms with Crippen molar-refractivity contribution in [2.24, 2.45) is 11.7 Å². The first-order valence-corrected chi connectivity index (χ1v) is 7.89. The lowest BCUT2D eigenvalue weighted by Crippen LogP contribution is -2.51. The Morgan fingerprint density at radius 1 is 1.50 bits per heavy atom. The molecule has 18 heavy (non-hydrogen) atoms. The van der Waals surface area contributed by atoms with Gasteiger partial charge >= 0.3 is 0 Å². The van der Waals surface area contributed by atoms with Gasteiger partial charge in [0.05, 0.1) is 11.2 Å². The quantitative estimate of drug-likeness (QED) is 0.853. The summed E-state index contributed by atoms with van der Waals surface area (Å²) in [6.07, 6.45) is 6.42. The van der Waals surface area contributed by atoms with Crippen LogP contribution in [0.15, 0.2) is 10.9 Å². The zero-order valence-electron chi connectivity index (χ0n) is 11.6. The summed E-state index contributed by atoms with van der Waals surface area (Å²) in [5, 5.41) is 2.14. The normalized spacial score (nSPS) is 29.4. The van der Waals surface area contributed by atoms with E-state index in [1.54, 1.807) is 11.3 Å². The second kappa shape index (κ2) is 6.13. The van der Waals surface area contributed by atoms with E-state index in [1.165, 1.54) is 37.8 Å². The number of nitrogens with two attached hydrogens (primary N) is 1. The van der Waals surface area contributed by atoms with Crippen LogP contribution in [-0.2, 0) is 6.54 Å². The number of thiazole rings is 1. The van der Waals surface area contributed by atoms with Gasteiger partial charge in [-0.15, -0.1) is 11.3 Å². The maximum atomic E-state index is 6.12. The summed E-state index contributed by atoms with van der Waals surface area (Å²) in [5.41, 5.74) is 9.40. The van der Waals surface area contributed by atoms with Gasteiger partial charge in [-0.2, -0.15) is 0 Å². The molecule has 2 unspecified atom stereocenters. The molecule has 0 aliphatic heterocycles. The van der Waals surface area contributed by atoms with E-state index in [1.807, 2.05) is 5.51 Å². The smallest absolute Gasteiger partial charge is 0.0795 e. The molecular weight excluding hydrogens is 242 g/mol. The zero-order chi connectivity index (χ0) is 13.0. The van der Waals surface area contributed by atoms with Crippen LogP contribution < -0.4 is 5.73 Å². The molecule has 1 aromatic heterocycles. The third-order valence-corrected chi connectivity index (χ3v) is 5.15. The molecule has 0 saturated heterocycles. The fourth-order valence-electron chi connectivity index (χ4n) is 3.03. The van der Waals surface area contributed by atoms with Gasteiger partial charge in [-0.3, -0.25) is 4.90 Å². The highest BCUT2D eigenvalue weighted by molar-refractivity contribution is 7.07. The van der Waals surface area contributed by atoms with E-state index >= 15 is 0 Å². The highest BCUT2D eigenvalue weighted by atomic mass is 32.1. The average molecular weight is 267 g/mol. The summed E-state index contributed by atoms with van der Waals surface area (Å²) in [4.78, 5) is 6.84. The summed E-state index contributed by atoms with van der Waals surface area (Å²) in [5.74, 6) is 0.853. The van der Waals surface area contributed by atoms with Crippen LogP contribution in [-0.4, -0.2) is 29.0 Å². The Morgan fingerprint density at radius 2 is 2.33 bits per heavy atom. The van der Waals surface area contributed by atoms with Crippen molar-refractivity contribution in [2.75, 3.05) is 13.6 Å². The van der Waals surface area contributed by atoms with Crippen LogP contribution in [0.4, 0.5) is 0 Å². The number of aromatic nitrogens is 1. The summed E-state index contributed by atoms with van der Waals surface area (Å²) < 4.78 is 0. The summed E-state index contributed by atoms with van der Waals surface area (Å²) in [7, 11) is 2.21. The fraction of sp³-hybridized carbons (Fsp3) is 0.786. The molecule has 102 valence electrons. The maximum Gasteiger partial charge on any atom is 0.0795 e. The lowest BCUT2D eigenvalue weighted by molar-refractivity contribution is 0.0975. The van der Waals surface area contributed by atoms with Crippen molar-refractivity contribution in [1.29, 1.82) is 0 Å². The van der Waals surface area contributed by atoms with Crippen LogP contribution in [0, 0.1) is 5.92 Å². The second-order valence-electron chi connectivity index (χ2n) is 5.80. The van der Waals surface area contributed by atoms with Gasteiger partial charge in [-0.05, 0) is 32.2 Å². The van der Waals surface area contributed by atoms with Crippen LogP contribution in [0.5, 0.6) is 0 Å². The molecule has 2 atom stereocenters. The standard InChI is InChI=1S/C14H25N3S/c1-12-4-3-6-14(10-15,7-5-12)17(2)8-13-9-18-11-16-13/h9,11-12H,3-8,10,15H2,1-2H3. The van der Waals surface area contributed by atoms with E-state index in [2.05, 4.69) is 29.2 Å². The minimum atomic E-state index is 0.189. The Balaban J connectivity index is 2.05. The SMILES string of the molecule is CC1CCCC(CN)(N(C)Cc2cscn2)CC1. The van der Waals surface area contributed by atoms with Crippen molar-refractivity contribution < 1.29 is 0 Å². The van der Waals surface area contributed by atoms with Crippen molar-refractivity contribution >= 4 is 11.3 Å². The van der Waals surface area contributed by atoms with Crippen molar-refractivity contribution in [1.82, 2.24) is 9.88 Å². The van der Waals surface area contributed by atoms with E-state index in [0.29, 0.717) is 0 Å². The topological polar surface area (TPSA) is 42.1 Å². The third kappa shape index (κ3) is 3.11. The molecule has 1 aliphatic carbocycles. The summed E-state index contributed by atoms with van der Waals surface area (Å²) in [6.45, 7) is 4.06. The first-order valence-electron chi connectivity index (χ1n) is 6.95. The van der Waals surface area contributed by atoms with Crippen LogP contribution in [0.3, 0.4) is 0 Å². The number of rotatable bonds is 4. The van der Waals surface area contributed by atoms with Gasteiger partial charge < -0.3 is 5.73 Å². The molecule has 0 amide bonds. The minimum absolute atomic E-state index is 0.189. The molecule has 1 aromatic rings. The van der Waals surface area contributed by atoms with E-state index in [4.69, 9.17) is 5.73 Å². The van der Waals surface area contributed by atoms with Crippen LogP contribution in [0.2, 0.25) is 0 Å². The van der Waals surface area contributed by atoms with Crippen molar-refractivity contribution in [3.05, 3.63) is 16.6 Å². The van der Waals surface area contributed by atoms with Gasteiger partial charge in [0, 0.05) is 24.0 Å². The number of nitrogens with zero attached hydrogens (tertiary/aromatic N) is 2. The van der Waals surface area contributed by atoms with E-state index in [9.17, 15) is 0 Å². The first kappa shape index (κ1) is 14.0. The molecule has 1 aliphatic rings. The lowest BCUT2D eigenvalue weighted by atomic mass is 9.88. The zero-order valence-corrected chi connectivity index (χ0v) is 12.4. The van der Waals surface area contributed by atoms with Gasteiger partial charge in [-0.1, -0.05) is 19.8 Å². The molecule has 2 N–H and O–H groups in total. The first-order chi connectivity index (χ1) is 8.66. The van der Waals surface area contributed by atoms with E-state index in [0.717, 1.165) is 19.0 Å². The lowest BCUT2D eigenvalue weighted by Gasteiger charge is -2.40. The maximum absolute atomic E-state index is 6.12. The molecule has 1 heterocycles. The Morgan fingerprint density at radius 3 is 3.00 bits per heavy atom. The highest BCUT2D eigenvalue weighted by Crippen LogP contribution is 2.34. The van der Waals surface area contributed by atoms with Crippen molar-refractivity contribution in [2.45, 2.75) is 51.1 Å².